The van der Waals surface area contributed by atoms with E-state index >= 15 is 0 Å². The minimum Gasteiger partial charge on any atom is -0.326 e. The zero-order chi connectivity index (χ0) is 36.5. The lowest BCUT2D eigenvalue weighted by atomic mass is 10.2. The predicted octanol–water partition coefficient (Wildman–Crippen LogP) is 7.70. The van der Waals surface area contributed by atoms with Crippen LogP contribution in [0.2, 0.25) is 0 Å². The smallest absolute Gasteiger partial charge is 0.242 e. The third-order valence-corrected chi connectivity index (χ3v) is 10.8. The molecule has 2 aliphatic heterocycles. The van der Waals surface area contributed by atoms with Crippen molar-refractivity contribution in [2.45, 2.75) is 50.0 Å². The normalized spacial score (nSPS) is 18.7. The van der Waals surface area contributed by atoms with Crippen LogP contribution in [0, 0.1) is 13.8 Å². The molecule has 2 atom stereocenters. The van der Waals surface area contributed by atoms with Crippen LogP contribution >= 0.6 is 23.5 Å². The largest absolute Gasteiger partial charge is 0.326 e. The molecule has 0 spiro atoms. The van der Waals surface area contributed by atoms with Gasteiger partial charge in [0.2, 0.25) is 23.6 Å². The monoisotopic (exact) mass is 732 g/mol. The van der Waals surface area contributed by atoms with Gasteiger partial charge in [0.1, 0.15) is 10.5 Å². The second-order valence-electron chi connectivity index (χ2n) is 12.6. The maximum absolute atomic E-state index is 13.7. The molecule has 2 N–H and O–H groups in total. The highest BCUT2D eigenvalue weighted by molar-refractivity contribution is 8.15. The van der Waals surface area contributed by atoms with Gasteiger partial charge in [-0.25, -0.2) is 9.98 Å². The summed E-state index contributed by atoms with van der Waals surface area (Å²) >= 11 is 2.59. The Hall–Kier alpha value is -5.20. The van der Waals surface area contributed by atoms with Crippen LogP contribution in [0.1, 0.15) is 36.8 Å². The molecule has 0 bridgehead atoms. The fourth-order valence-corrected chi connectivity index (χ4v) is 8.03. The van der Waals surface area contributed by atoms with Crippen molar-refractivity contribution in [3.05, 3.63) is 120 Å². The first kappa shape index (κ1) is 36.6. The fourth-order valence-electron chi connectivity index (χ4n) is 5.66. The molecule has 2 saturated heterocycles. The average molecular weight is 733 g/mol. The number of unbranched alkanes of at least 4 members (excludes halogenated alkanes) is 1. The van der Waals surface area contributed by atoms with E-state index in [9.17, 15) is 19.2 Å². The quantitative estimate of drug-likeness (QED) is 0.136. The molecule has 0 aliphatic carbocycles. The Morgan fingerprint density at radius 3 is 1.31 bits per heavy atom. The van der Waals surface area contributed by atoms with Crippen molar-refractivity contribution in [1.29, 1.82) is 0 Å². The zero-order valence-corrected chi connectivity index (χ0v) is 30.7. The van der Waals surface area contributed by atoms with Gasteiger partial charge in [-0.2, -0.15) is 0 Å². The summed E-state index contributed by atoms with van der Waals surface area (Å²) in [5.74, 6) is -0.823. The minimum absolute atomic E-state index is 0.0133. The number of aliphatic imine (C=N–C) groups is 2. The van der Waals surface area contributed by atoms with E-state index in [1.54, 1.807) is 9.80 Å². The topological polar surface area (TPSA) is 124 Å². The SMILES string of the molecule is Cc1ccc(NC(=O)CC2SC(=Nc3ccccc3)N(CCCCN3C(=O)C(CC(=O)Nc4ccc(C)cc4)SC3=Nc3ccccc3)C2=O)cc1. The van der Waals surface area contributed by atoms with Crippen LogP contribution in [-0.2, 0) is 19.2 Å². The number of thioether (sulfide) groups is 2. The lowest BCUT2D eigenvalue weighted by molar-refractivity contribution is -0.128. The molecule has 2 fully saturated rings. The Morgan fingerprint density at radius 2 is 0.942 bits per heavy atom. The van der Waals surface area contributed by atoms with Gasteiger partial charge in [0, 0.05) is 37.3 Å². The number of hydrogen-bond acceptors (Lipinski definition) is 8. The number of anilines is 2. The van der Waals surface area contributed by atoms with E-state index in [0.717, 1.165) is 11.1 Å². The molecule has 0 radical (unpaired) electrons. The van der Waals surface area contributed by atoms with Crippen molar-refractivity contribution in [1.82, 2.24) is 9.80 Å². The Bertz CT molecular complexity index is 1810. The molecule has 0 aromatic heterocycles. The van der Waals surface area contributed by atoms with E-state index in [2.05, 4.69) is 10.6 Å². The Labute approximate surface area is 312 Å². The molecular formula is C40H40N6O4S2. The van der Waals surface area contributed by atoms with Gasteiger partial charge in [-0.05, 0) is 75.2 Å². The van der Waals surface area contributed by atoms with Crippen LogP contribution < -0.4 is 10.6 Å². The van der Waals surface area contributed by atoms with Crippen molar-refractivity contribution >= 4 is 80.2 Å². The van der Waals surface area contributed by atoms with Crippen LogP contribution in [0.25, 0.3) is 0 Å². The van der Waals surface area contributed by atoms with Gasteiger partial charge in [-0.1, -0.05) is 95.3 Å². The highest BCUT2D eigenvalue weighted by Crippen LogP contribution is 2.34. The van der Waals surface area contributed by atoms with Gasteiger partial charge in [0.15, 0.2) is 10.3 Å². The number of aryl methyl sites for hydroxylation is 2. The summed E-state index contributed by atoms with van der Waals surface area (Å²) < 4.78 is 0. The van der Waals surface area contributed by atoms with Crippen molar-refractivity contribution in [3.8, 4) is 0 Å². The molecule has 4 aromatic rings. The van der Waals surface area contributed by atoms with Gasteiger partial charge >= 0.3 is 0 Å². The number of carbonyl (C=O) groups excluding carboxylic acids is 4. The van der Waals surface area contributed by atoms with Gasteiger partial charge in [-0.3, -0.25) is 29.0 Å². The third kappa shape index (κ3) is 9.77. The summed E-state index contributed by atoms with van der Waals surface area (Å²) in [4.78, 5) is 66.2. The van der Waals surface area contributed by atoms with E-state index < -0.39 is 10.5 Å². The Morgan fingerprint density at radius 1 is 0.577 bits per heavy atom. The maximum Gasteiger partial charge on any atom is 0.242 e. The van der Waals surface area contributed by atoms with Crippen LogP contribution in [0.15, 0.2) is 119 Å². The van der Waals surface area contributed by atoms with Crippen molar-refractivity contribution < 1.29 is 19.2 Å². The minimum atomic E-state index is -0.610. The number of amidine groups is 2. The first-order valence-electron chi connectivity index (χ1n) is 17.2. The molecule has 2 aliphatic rings. The number of rotatable bonds is 13. The second kappa shape index (κ2) is 17.3. The van der Waals surface area contributed by atoms with E-state index in [1.807, 2.05) is 123 Å². The molecule has 4 aromatic carbocycles. The Balaban J connectivity index is 1.10. The predicted molar refractivity (Wildman–Crippen MR) is 211 cm³/mol. The highest BCUT2D eigenvalue weighted by atomic mass is 32.2. The van der Waals surface area contributed by atoms with E-state index in [1.165, 1.54) is 23.5 Å². The number of amides is 4. The van der Waals surface area contributed by atoms with E-state index in [0.29, 0.717) is 59.0 Å². The van der Waals surface area contributed by atoms with Gasteiger partial charge in [-0.15, -0.1) is 0 Å². The standard InChI is InChI=1S/C40H40N6O4S2/c1-27-15-19-31(20-16-27)41-35(47)25-33-37(49)45(39(51-33)43-29-11-5-3-6-12-29)23-9-10-24-46-38(50)34(52-40(46)44-30-13-7-4-8-14-30)26-36(48)42-32-21-17-28(2)18-22-32/h3-8,11-22,33-34H,9-10,23-26H2,1-2H3,(H,41,47)(H,42,48). The van der Waals surface area contributed by atoms with E-state index in [4.69, 9.17) is 9.98 Å². The van der Waals surface area contributed by atoms with Gasteiger partial charge in [0.05, 0.1) is 11.4 Å². The Kier molecular flexibility index (Phi) is 12.2. The summed E-state index contributed by atoms with van der Waals surface area (Å²) in [7, 11) is 0. The number of nitrogens with zero attached hydrogens (tertiary/aromatic N) is 4. The molecule has 12 heteroatoms. The molecule has 266 valence electrons. The van der Waals surface area contributed by atoms with Crippen molar-refractivity contribution in [2.75, 3.05) is 23.7 Å². The average Bonchev–Trinajstić information content (AvgIpc) is 3.58. The summed E-state index contributed by atoms with van der Waals surface area (Å²) in [6.45, 7) is 4.70. The number of para-hydroxylation sites is 2. The fraction of sp³-hybridized carbons (Fsp3) is 0.250. The van der Waals surface area contributed by atoms with Crippen LogP contribution in [-0.4, -0.2) is 67.4 Å². The lowest BCUT2D eigenvalue weighted by Gasteiger charge is -2.19. The number of hydrogen-bond donors (Lipinski definition) is 2. The molecule has 2 heterocycles. The highest BCUT2D eigenvalue weighted by Gasteiger charge is 2.40. The zero-order valence-electron chi connectivity index (χ0n) is 29.0. The molecule has 10 nitrogen and oxygen atoms in total. The van der Waals surface area contributed by atoms with Crippen molar-refractivity contribution in [3.63, 3.8) is 0 Å². The first-order chi connectivity index (χ1) is 25.2. The number of carbonyl (C=O) groups is 4. The molecule has 6 rings (SSSR count). The summed E-state index contributed by atoms with van der Waals surface area (Å²) in [6, 6.07) is 33.9. The molecule has 0 saturated carbocycles. The van der Waals surface area contributed by atoms with E-state index in [-0.39, 0.29) is 36.5 Å². The van der Waals surface area contributed by atoms with Crippen LogP contribution in [0.5, 0.6) is 0 Å². The molecule has 2 unspecified atom stereocenters. The maximum atomic E-state index is 13.7. The molecular weight excluding hydrogens is 693 g/mol. The number of nitrogens with one attached hydrogen (secondary N) is 2. The summed E-state index contributed by atoms with van der Waals surface area (Å²) in [6.07, 6.45) is 1.18. The third-order valence-electron chi connectivity index (χ3n) is 8.43. The molecule has 52 heavy (non-hydrogen) atoms. The molecule has 4 amide bonds. The van der Waals surface area contributed by atoms with Crippen molar-refractivity contribution in [2.24, 2.45) is 9.98 Å². The summed E-state index contributed by atoms with van der Waals surface area (Å²) in [5.41, 5.74) is 4.97. The second-order valence-corrected chi connectivity index (χ2v) is 14.9. The first-order valence-corrected chi connectivity index (χ1v) is 18.9. The van der Waals surface area contributed by atoms with Crippen LogP contribution in [0.3, 0.4) is 0 Å². The van der Waals surface area contributed by atoms with Crippen LogP contribution in [0.4, 0.5) is 22.7 Å². The lowest BCUT2D eigenvalue weighted by Crippen LogP contribution is -2.36. The van der Waals surface area contributed by atoms with Gasteiger partial charge in [0.25, 0.3) is 0 Å². The van der Waals surface area contributed by atoms with Gasteiger partial charge < -0.3 is 10.6 Å². The summed E-state index contributed by atoms with van der Waals surface area (Å²) in [5, 5.41) is 5.66. The number of benzene rings is 4.